The number of hydrogen-bond acceptors (Lipinski definition) is 7. The van der Waals surface area contributed by atoms with Crippen LogP contribution in [0, 0.1) is 0 Å². The van der Waals surface area contributed by atoms with Crippen molar-refractivity contribution in [3.63, 3.8) is 0 Å². The van der Waals surface area contributed by atoms with E-state index in [0.29, 0.717) is 49.0 Å². The fourth-order valence-corrected chi connectivity index (χ4v) is 4.09. The quantitative estimate of drug-likeness (QED) is 0.488. The van der Waals surface area contributed by atoms with Gasteiger partial charge in [0.1, 0.15) is 18.2 Å². The van der Waals surface area contributed by atoms with E-state index in [1.54, 1.807) is 28.9 Å². The molecule has 0 radical (unpaired) electrons. The Bertz CT molecular complexity index is 1250. The van der Waals surface area contributed by atoms with Crippen LogP contribution in [0.15, 0.2) is 54.6 Å². The number of benzene rings is 2. The van der Waals surface area contributed by atoms with Crippen LogP contribution >= 0.6 is 0 Å². The standard InChI is InChI=1S/C26H30N6O5/c1-18-25-29-24(19-7-3-2-4-8-19)30-32(25)13-14-37-21-10-5-9-20(15-21)26(36)27-11-6-12-31(17-23(34)35)16-22(33)28-18/h2-5,7-10,15,18H,6,11-14,16-17H2,1H3,(H,27,36)(H,28,33)(H,34,35)/t18-/m0/s1. The lowest BCUT2D eigenvalue weighted by Crippen LogP contribution is -2.42. The van der Waals surface area contributed by atoms with E-state index in [0.717, 1.165) is 5.56 Å². The van der Waals surface area contributed by atoms with E-state index < -0.39 is 12.0 Å². The largest absolute Gasteiger partial charge is 0.492 e. The van der Waals surface area contributed by atoms with Crippen molar-refractivity contribution in [2.24, 2.45) is 0 Å². The average molecular weight is 507 g/mol. The van der Waals surface area contributed by atoms with Crippen molar-refractivity contribution in [1.29, 1.82) is 0 Å². The van der Waals surface area contributed by atoms with Crippen molar-refractivity contribution in [3.8, 4) is 17.1 Å². The zero-order valence-corrected chi connectivity index (χ0v) is 20.6. The first-order valence-corrected chi connectivity index (χ1v) is 12.1. The molecule has 0 aliphatic carbocycles. The minimum atomic E-state index is -1.03. The fraction of sp³-hybridized carbons (Fsp3) is 0.346. The monoisotopic (exact) mass is 506 g/mol. The minimum absolute atomic E-state index is 0.102. The number of carbonyl (C=O) groups is 3. The third-order valence-electron chi connectivity index (χ3n) is 5.83. The number of nitrogens with one attached hydrogen (secondary N) is 2. The molecule has 2 heterocycles. The second-order valence-corrected chi connectivity index (χ2v) is 8.76. The van der Waals surface area contributed by atoms with Crippen LogP contribution < -0.4 is 15.4 Å². The van der Waals surface area contributed by atoms with Crippen LogP contribution in [0.4, 0.5) is 0 Å². The first-order valence-electron chi connectivity index (χ1n) is 12.1. The normalized spacial score (nSPS) is 17.9. The highest BCUT2D eigenvalue weighted by Crippen LogP contribution is 2.19. The van der Waals surface area contributed by atoms with Gasteiger partial charge in [0.15, 0.2) is 5.82 Å². The van der Waals surface area contributed by atoms with E-state index in [2.05, 4.69) is 15.7 Å². The number of fused-ring (bicyclic) bond motifs is 3. The summed E-state index contributed by atoms with van der Waals surface area (Å²) in [7, 11) is 0. The topological polar surface area (TPSA) is 139 Å². The first kappa shape index (κ1) is 25.8. The van der Waals surface area contributed by atoms with Crippen LogP contribution in [-0.2, 0) is 16.1 Å². The van der Waals surface area contributed by atoms with Gasteiger partial charge in [0.05, 0.1) is 25.7 Å². The van der Waals surface area contributed by atoms with Gasteiger partial charge in [-0.25, -0.2) is 9.67 Å². The second-order valence-electron chi connectivity index (χ2n) is 8.76. The highest BCUT2D eigenvalue weighted by Gasteiger charge is 2.21. The average Bonchev–Trinajstić information content (AvgIpc) is 3.30. The maximum Gasteiger partial charge on any atom is 0.317 e. The van der Waals surface area contributed by atoms with Gasteiger partial charge in [0.2, 0.25) is 5.91 Å². The number of aliphatic carboxylic acids is 1. The first-order chi connectivity index (χ1) is 17.9. The number of ether oxygens (including phenoxy) is 1. The molecule has 11 nitrogen and oxygen atoms in total. The molecule has 3 N–H and O–H groups in total. The van der Waals surface area contributed by atoms with Crippen LogP contribution in [0.3, 0.4) is 0 Å². The molecule has 1 aliphatic heterocycles. The van der Waals surface area contributed by atoms with Gasteiger partial charge in [-0.2, -0.15) is 5.10 Å². The summed E-state index contributed by atoms with van der Waals surface area (Å²) in [5, 5.41) is 19.7. The Labute approximate surface area is 214 Å². The van der Waals surface area contributed by atoms with E-state index in [4.69, 9.17) is 9.72 Å². The van der Waals surface area contributed by atoms with Crippen molar-refractivity contribution in [3.05, 3.63) is 66.0 Å². The van der Waals surface area contributed by atoms with E-state index in [1.165, 1.54) is 4.90 Å². The van der Waals surface area contributed by atoms with Crippen molar-refractivity contribution in [1.82, 2.24) is 30.3 Å². The molecule has 4 rings (SSSR count). The fourth-order valence-electron chi connectivity index (χ4n) is 4.09. The maximum atomic E-state index is 12.8. The summed E-state index contributed by atoms with van der Waals surface area (Å²) in [6.45, 7) is 2.71. The van der Waals surface area contributed by atoms with Gasteiger partial charge < -0.3 is 20.5 Å². The molecule has 3 aromatic rings. The van der Waals surface area contributed by atoms with Crippen LogP contribution in [0.5, 0.6) is 5.75 Å². The number of carboxylic acids is 1. The predicted molar refractivity (Wildman–Crippen MR) is 135 cm³/mol. The van der Waals surface area contributed by atoms with Crippen LogP contribution in [0.2, 0.25) is 0 Å². The number of aromatic nitrogens is 3. The third-order valence-corrected chi connectivity index (χ3v) is 5.83. The molecule has 37 heavy (non-hydrogen) atoms. The van der Waals surface area contributed by atoms with Crippen LogP contribution in [0.25, 0.3) is 11.4 Å². The highest BCUT2D eigenvalue weighted by molar-refractivity contribution is 5.94. The number of carbonyl (C=O) groups excluding carboxylic acids is 2. The number of amides is 2. The smallest absolute Gasteiger partial charge is 0.317 e. The second kappa shape index (κ2) is 12.1. The molecule has 1 aliphatic rings. The summed E-state index contributed by atoms with van der Waals surface area (Å²) in [5.74, 6) is 0.00214. The summed E-state index contributed by atoms with van der Waals surface area (Å²) < 4.78 is 7.60. The Morgan fingerprint density at radius 1 is 1.11 bits per heavy atom. The van der Waals surface area contributed by atoms with E-state index in [1.807, 2.05) is 37.3 Å². The van der Waals surface area contributed by atoms with E-state index in [-0.39, 0.29) is 31.5 Å². The SMILES string of the molecule is C[C@@H]1NC(=O)CN(CC(=O)O)CCCNC(=O)c2cccc(c2)OCCn2nc(-c3ccccc3)nc21. The lowest BCUT2D eigenvalue weighted by molar-refractivity contribution is -0.138. The number of nitrogens with zero attached hydrogens (tertiary/aromatic N) is 4. The van der Waals surface area contributed by atoms with Crippen LogP contribution in [-0.4, -0.2) is 75.3 Å². The molecule has 2 aromatic carbocycles. The molecule has 1 atom stereocenters. The van der Waals surface area contributed by atoms with Crippen molar-refractivity contribution in [2.75, 3.05) is 32.8 Å². The van der Waals surface area contributed by atoms with Crippen LogP contribution in [0.1, 0.15) is 35.6 Å². The van der Waals surface area contributed by atoms with Crippen molar-refractivity contribution < 1.29 is 24.2 Å². The Morgan fingerprint density at radius 3 is 2.68 bits per heavy atom. The Kier molecular flexibility index (Phi) is 8.47. The molecule has 194 valence electrons. The molecule has 0 fully saturated rings. The van der Waals surface area contributed by atoms with Gasteiger partial charge >= 0.3 is 5.97 Å². The summed E-state index contributed by atoms with van der Waals surface area (Å²) in [6.07, 6.45) is 0.479. The molecule has 1 aromatic heterocycles. The molecule has 0 spiro atoms. The number of rotatable bonds is 3. The summed E-state index contributed by atoms with van der Waals surface area (Å²) in [4.78, 5) is 43.0. The zero-order chi connectivity index (χ0) is 26.2. The molecule has 0 saturated heterocycles. The zero-order valence-electron chi connectivity index (χ0n) is 20.6. The third kappa shape index (κ3) is 7.14. The summed E-state index contributed by atoms with van der Waals surface area (Å²) in [5.41, 5.74) is 1.30. The summed E-state index contributed by atoms with van der Waals surface area (Å²) in [6, 6.07) is 15.9. The summed E-state index contributed by atoms with van der Waals surface area (Å²) >= 11 is 0. The highest BCUT2D eigenvalue weighted by atomic mass is 16.5. The Hall–Kier alpha value is -4.25. The molecular weight excluding hydrogens is 476 g/mol. The molecular formula is C26H30N6O5. The predicted octanol–water partition coefficient (Wildman–Crippen LogP) is 1.72. The molecule has 11 heteroatoms. The molecule has 0 unspecified atom stereocenters. The lowest BCUT2D eigenvalue weighted by atomic mass is 10.2. The van der Waals surface area contributed by atoms with Crippen molar-refractivity contribution >= 4 is 17.8 Å². The van der Waals surface area contributed by atoms with Gasteiger partial charge in [-0.1, -0.05) is 36.4 Å². The maximum absolute atomic E-state index is 12.8. The Morgan fingerprint density at radius 2 is 1.89 bits per heavy atom. The van der Waals surface area contributed by atoms with Crippen molar-refractivity contribution in [2.45, 2.75) is 25.9 Å². The van der Waals surface area contributed by atoms with Gasteiger partial charge in [-0.15, -0.1) is 0 Å². The number of carboxylic acid groups (broad SMARTS) is 1. The minimum Gasteiger partial charge on any atom is -0.492 e. The van der Waals surface area contributed by atoms with Gasteiger partial charge in [-0.3, -0.25) is 19.3 Å². The van der Waals surface area contributed by atoms with E-state index in [9.17, 15) is 19.5 Å². The molecule has 2 amide bonds. The van der Waals surface area contributed by atoms with Gasteiger partial charge in [-0.05, 0) is 31.5 Å². The van der Waals surface area contributed by atoms with Gasteiger partial charge in [0.25, 0.3) is 5.91 Å². The lowest BCUT2D eigenvalue weighted by Gasteiger charge is -2.21. The van der Waals surface area contributed by atoms with E-state index >= 15 is 0 Å². The number of hydrogen-bond donors (Lipinski definition) is 3. The molecule has 0 saturated carbocycles. The molecule has 2 bridgehead atoms. The Balaban J connectivity index is 1.61. The van der Waals surface area contributed by atoms with Gasteiger partial charge in [0, 0.05) is 24.2 Å².